The lowest BCUT2D eigenvalue weighted by atomic mass is 10.2. The topological polar surface area (TPSA) is 84.9 Å². The van der Waals surface area contributed by atoms with E-state index in [2.05, 4.69) is 27.9 Å². The van der Waals surface area contributed by atoms with Gasteiger partial charge in [0.25, 0.3) is 11.1 Å². The fourth-order valence-electron chi connectivity index (χ4n) is 2.93. The lowest BCUT2D eigenvalue weighted by Gasteiger charge is -2.14. The Hall–Kier alpha value is -2.67. The van der Waals surface area contributed by atoms with Gasteiger partial charge in [0, 0.05) is 6.07 Å². The highest BCUT2D eigenvalue weighted by Crippen LogP contribution is 2.37. The molecule has 0 unspecified atom stereocenters. The van der Waals surface area contributed by atoms with Gasteiger partial charge >= 0.3 is 0 Å². The van der Waals surface area contributed by atoms with Crippen molar-refractivity contribution in [3.63, 3.8) is 0 Å². The van der Waals surface area contributed by atoms with Gasteiger partial charge in [0.05, 0.1) is 27.4 Å². The summed E-state index contributed by atoms with van der Waals surface area (Å²) in [6.07, 6.45) is 1.53. The largest absolute Gasteiger partial charge is 0.490 e. The molecule has 1 saturated heterocycles. The first-order chi connectivity index (χ1) is 15.7. The van der Waals surface area contributed by atoms with E-state index in [0.29, 0.717) is 48.1 Å². The molecule has 0 bridgehead atoms. The Kier molecular flexibility index (Phi) is 8.30. The summed E-state index contributed by atoms with van der Waals surface area (Å²) in [7, 11) is 0. The quantitative estimate of drug-likeness (QED) is 0.344. The molecule has 7 nitrogen and oxygen atoms in total. The predicted molar refractivity (Wildman–Crippen MR) is 129 cm³/mol. The van der Waals surface area contributed by atoms with Gasteiger partial charge < -0.3 is 14.8 Å². The number of anilines is 1. The van der Waals surface area contributed by atoms with Crippen LogP contribution in [0.2, 0.25) is 0 Å². The zero-order chi connectivity index (χ0) is 24.1. The highest BCUT2D eigenvalue weighted by molar-refractivity contribution is 14.1. The molecule has 2 aromatic rings. The molecular weight excluding hydrogens is 569 g/mol. The van der Waals surface area contributed by atoms with Crippen LogP contribution in [0.1, 0.15) is 19.4 Å². The van der Waals surface area contributed by atoms with Gasteiger partial charge in [-0.25, -0.2) is 8.78 Å². The molecule has 0 aliphatic carbocycles. The Labute approximate surface area is 206 Å². The third kappa shape index (κ3) is 6.02. The molecule has 3 amide bonds. The first-order valence-electron chi connectivity index (χ1n) is 9.82. The maximum atomic E-state index is 13.7. The van der Waals surface area contributed by atoms with Crippen LogP contribution in [0.3, 0.4) is 0 Å². The van der Waals surface area contributed by atoms with Crippen LogP contribution in [0.5, 0.6) is 11.5 Å². The minimum Gasteiger partial charge on any atom is -0.490 e. The van der Waals surface area contributed by atoms with E-state index in [0.717, 1.165) is 20.6 Å². The van der Waals surface area contributed by atoms with Crippen molar-refractivity contribution in [3.05, 3.63) is 56.0 Å². The smallest absolute Gasteiger partial charge is 0.294 e. The second-order valence-corrected chi connectivity index (χ2v) is 8.79. The minimum atomic E-state index is -0.965. The zero-order valence-electron chi connectivity index (χ0n) is 17.6. The molecule has 1 fully saturated rings. The van der Waals surface area contributed by atoms with Crippen molar-refractivity contribution in [3.8, 4) is 11.5 Å². The van der Waals surface area contributed by atoms with Crippen molar-refractivity contribution in [2.45, 2.75) is 13.8 Å². The monoisotopic (exact) mass is 588 g/mol. The van der Waals surface area contributed by atoms with E-state index >= 15 is 0 Å². The average molecular weight is 588 g/mol. The summed E-state index contributed by atoms with van der Waals surface area (Å²) in [5.41, 5.74) is 0.367. The number of amides is 3. The first-order valence-corrected chi connectivity index (χ1v) is 11.7. The maximum Gasteiger partial charge on any atom is 0.294 e. The third-order valence-corrected chi connectivity index (χ3v) is 6.01. The summed E-state index contributed by atoms with van der Waals surface area (Å²) < 4.78 is 38.8. The van der Waals surface area contributed by atoms with Gasteiger partial charge in [0.2, 0.25) is 5.91 Å². The van der Waals surface area contributed by atoms with Crippen molar-refractivity contribution in [2.75, 3.05) is 25.1 Å². The number of carbonyl (C=O) groups excluding carboxylic acids is 3. The van der Waals surface area contributed by atoms with Crippen LogP contribution in [-0.4, -0.2) is 41.7 Å². The molecule has 1 aliphatic heterocycles. The lowest BCUT2D eigenvalue weighted by molar-refractivity contribution is -0.127. The van der Waals surface area contributed by atoms with Crippen LogP contribution in [0, 0.1) is 15.2 Å². The Morgan fingerprint density at radius 1 is 1.15 bits per heavy atom. The van der Waals surface area contributed by atoms with E-state index in [4.69, 9.17) is 9.47 Å². The standard InChI is InChI=1S/C22H19F2IN2O5S/c1-3-31-17-8-12(7-15(25)20(17)32-4-2)9-18-21(29)27(22(30)33-18)11-19(28)26-16-6-5-13(23)10-14(16)24/h5-10H,3-4,11H2,1-2H3,(H,26,28)/b18-9+. The number of thioether (sulfide) groups is 1. The molecule has 0 radical (unpaired) electrons. The molecule has 174 valence electrons. The van der Waals surface area contributed by atoms with Gasteiger partial charge in [0.1, 0.15) is 18.2 Å². The number of hydrogen-bond acceptors (Lipinski definition) is 6. The Morgan fingerprint density at radius 3 is 2.55 bits per heavy atom. The van der Waals surface area contributed by atoms with E-state index in [1.54, 1.807) is 12.1 Å². The molecule has 0 spiro atoms. The van der Waals surface area contributed by atoms with Crippen molar-refractivity contribution < 1.29 is 32.6 Å². The van der Waals surface area contributed by atoms with E-state index in [9.17, 15) is 23.2 Å². The molecule has 11 heteroatoms. The summed E-state index contributed by atoms with van der Waals surface area (Å²) in [5.74, 6) is -2.10. The molecule has 2 aromatic carbocycles. The first kappa shape index (κ1) is 25.0. The van der Waals surface area contributed by atoms with Gasteiger partial charge in [-0.15, -0.1) is 0 Å². The molecule has 0 aromatic heterocycles. The number of imide groups is 1. The Bertz CT molecular complexity index is 1140. The summed E-state index contributed by atoms with van der Waals surface area (Å²) in [6, 6.07) is 6.14. The van der Waals surface area contributed by atoms with Crippen LogP contribution in [-0.2, 0) is 9.59 Å². The number of nitrogens with zero attached hydrogens (tertiary/aromatic N) is 1. The molecule has 3 rings (SSSR count). The number of rotatable bonds is 8. The van der Waals surface area contributed by atoms with Crippen molar-refractivity contribution in [1.82, 2.24) is 4.90 Å². The van der Waals surface area contributed by atoms with E-state index in [1.807, 2.05) is 13.8 Å². The summed E-state index contributed by atoms with van der Waals surface area (Å²) in [5, 5.41) is 1.60. The molecule has 0 saturated carbocycles. The van der Waals surface area contributed by atoms with E-state index in [1.165, 1.54) is 6.08 Å². The van der Waals surface area contributed by atoms with Gasteiger partial charge in [0.15, 0.2) is 11.5 Å². The molecule has 33 heavy (non-hydrogen) atoms. The molecular formula is C22H19F2IN2O5S. The summed E-state index contributed by atoms with van der Waals surface area (Å²) in [4.78, 5) is 38.2. The lowest BCUT2D eigenvalue weighted by Crippen LogP contribution is -2.36. The number of hydrogen-bond donors (Lipinski definition) is 1. The van der Waals surface area contributed by atoms with Gasteiger partial charge in [-0.05, 0) is 84.1 Å². The molecule has 1 heterocycles. The van der Waals surface area contributed by atoms with Crippen molar-refractivity contribution >= 4 is 63.2 Å². The van der Waals surface area contributed by atoms with Crippen LogP contribution >= 0.6 is 34.4 Å². The number of ether oxygens (including phenoxy) is 2. The normalized spacial score (nSPS) is 14.7. The fourth-order valence-corrected chi connectivity index (χ4v) is 4.55. The third-order valence-electron chi connectivity index (χ3n) is 4.30. The molecule has 1 aliphatic rings. The van der Waals surface area contributed by atoms with Crippen LogP contribution in [0.25, 0.3) is 6.08 Å². The van der Waals surface area contributed by atoms with Crippen LogP contribution in [0.4, 0.5) is 19.3 Å². The zero-order valence-corrected chi connectivity index (χ0v) is 20.6. The highest BCUT2D eigenvalue weighted by atomic mass is 127. The summed E-state index contributed by atoms with van der Waals surface area (Å²) in [6.45, 7) is 3.96. The number of halogens is 3. The van der Waals surface area contributed by atoms with Gasteiger partial charge in [-0.2, -0.15) is 0 Å². The van der Waals surface area contributed by atoms with Gasteiger partial charge in [-0.1, -0.05) is 0 Å². The van der Waals surface area contributed by atoms with Crippen molar-refractivity contribution in [2.24, 2.45) is 0 Å². The number of carbonyl (C=O) groups is 3. The number of benzene rings is 2. The summed E-state index contributed by atoms with van der Waals surface area (Å²) >= 11 is 2.79. The van der Waals surface area contributed by atoms with E-state index < -0.39 is 35.2 Å². The van der Waals surface area contributed by atoms with Gasteiger partial charge in [-0.3, -0.25) is 19.3 Å². The SMILES string of the molecule is CCOc1cc(/C=C2/SC(=O)N(CC(=O)Nc3ccc(F)cc3F)C2=O)cc(I)c1OCC. The fraction of sp³-hybridized carbons (Fsp3) is 0.227. The maximum absolute atomic E-state index is 13.7. The van der Waals surface area contributed by atoms with E-state index in [-0.39, 0.29) is 10.6 Å². The average Bonchev–Trinajstić information content (AvgIpc) is 3.00. The Morgan fingerprint density at radius 2 is 1.88 bits per heavy atom. The van der Waals surface area contributed by atoms with Crippen molar-refractivity contribution in [1.29, 1.82) is 0 Å². The van der Waals surface area contributed by atoms with Crippen LogP contribution in [0.15, 0.2) is 35.2 Å². The molecule has 0 atom stereocenters. The second-order valence-electron chi connectivity index (χ2n) is 6.64. The number of nitrogens with one attached hydrogen (secondary N) is 1. The highest BCUT2D eigenvalue weighted by Gasteiger charge is 2.36. The Balaban J connectivity index is 1.77. The second kappa shape index (κ2) is 11.0. The predicted octanol–water partition coefficient (Wildman–Crippen LogP) is 5.04. The van der Waals surface area contributed by atoms with Crippen LogP contribution < -0.4 is 14.8 Å². The minimum absolute atomic E-state index is 0.128. The molecule has 1 N–H and O–H groups in total.